The minimum Gasteiger partial charge on any atom is -0.756 e. The van der Waals surface area contributed by atoms with E-state index in [0.29, 0.717) is 0 Å². The van der Waals surface area contributed by atoms with Crippen molar-refractivity contribution in [1.29, 1.82) is 0 Å². The molecule has 11 heteroatoms. The Balaban J connectivity index is -0.000000149. The van der Waals surface area contributed by atoms with E-state index in [1.54, 1.807) is 0 Å². The standard InChI is InChI=1S/C12H26.2Na.H4O7P2/c1-3-5-7-9-11-12-10-8-6-4-2;;;1-8(2,3)7-9(4,5)6/h3-12H2,1-2H3;;;(H2,1,2,3)(H2,4,5,6)/q;2*+1;/p-2. The topological polar surface area (TPSA) is 130 Å². The van der Waals surface area contributed by atoms with Crippen molar-refractivity contribution in [3.63, 3.8) is 0 Å². The van der Waals surface area contributed by atoms with Crippen LogP contribution in [0.2, 0.25) is 0 Å². The second-order valence-electron chi connectivity index (χ2n) is 4.85. The molecular formula is C12H28Na2O7P2. The second-order valence-corrected chi connectivity index (χ2v) is 7.37. The molecule has 0 heterocycles. The third-order valence-electron chi connectivity index (χ3n) is 2.66. The van der Waals surface area contributed by atoms with E-state index in [1.807, 2.05) is 0 Å². The number of hydrogen-bond donors (Lipinski definition) is 2. The van der Waals surface area contributed by atoms with Crippen molar-refractivity contribution in [2.45, 2.75) is 78.1 Å². The maximum absolute atomic E-state index is 9.48. The number of rotatable bonds is 11. The first kappa shape index (κ1) is 32.9. The fourth-order valence-corrected chi connectivity index (χ4v) is 2.73. The summed E-state index contributed by atoms with van der Waals surface area (Å²) in [5, 5.41) is 0. The van der Waals surface area contributed by atoms with Crippen LogP contribution in [0.4, 0.5) is 0 Å². The van der Waals surface area contributed by atoms with E-state index < -0.39 is 15.6 Å². The van der Waals surface area contributed by atoms with Crippen LogP contribution in [0.25, 0.3) is 0 Å². The number of phosphoric acid groups is 2. The van der Waals surface area contributed by atoms with Gasteiger partial charge in [0.1, 0.15) is 0 Å². The van der Waals surface area contributed by atoms with Crippen LogP contribution in [0.15, 0.2) is 0 Å². The molecule has 0 saturated heterocycles. The van der Waals surface area contributed by atoms with Gasteiger partial charge in [0.25, 0.3) is 15.6 Å². The van der Waals surface area contributed by atoms with Crippen molar-refractivity contribution in [3.8, 4) is 0 Å². The summed E-state index contributed by atoms with van der Waals surface area (Å²) >= 11 is 0. The molecule has 7 nitrogen and oxygen atoms in total. The molecule has 0 saturated carbocycles. The molecule has 0 fully saturated rings. The summed E-state index contributed by atoms with van der Waals surface area (Å²) in [6.07, 6.45) is 14.4. The van der Waals surface area contributed by atoms with Gasteiger partial charge >= 0.3 is 59.1 Å². The van der Waals surface area contributed by atoms with E-state index in [-0.39, 0.29) is 59.1 Å². The Bertz CT molecular complexity index is 291. The smallest absolute Gasteiger partial charge is 0.756 e. The first-order chi connectivity index (χ1) is 9.62. The molecule has 0 bridgehead atoms. The van der Waals surface area contributed by atoms with Crippen molar-refractivity contribution in [3.05, 3.63) is 0 Å². The predicted molar refractivity (Wildman–Crippen MR) is 78.3 cm³/mol. The molecule has 0 amide bonds. The average Bonchev–Trinajstić information content (AvgIpc) is 2.29. The molecule has 0 rings (SSSR count). The van der Waals surface area contributed by atoms with E-state index >= 15 is 0 Å². The Morgan fingerprint density at radius 2 is 0.913 bits per heavy atom. The van der Waals surface area contributed by atoms with Gasteiger partial charge in [-0.25, -0.2) is 4.31 Å². The summed E-state index contributed by atoms with van der Waals surface area (Å²) in [7, 11) is -10.7. The summed E-state index contributed by atoms with van der Waals surface area (Å²) in [5.74, 6) is 0. The van der Waals surface area contributed by atoms with E-state index in [1.165, 1.54) is 64.2 Å². The fraction of sp³-hybridized carbons (Fsp3) is 1.00. The quantitative estimate of drug-likeness (QED) is 0.216. The normalized spacial score (nSPS) is 15.0. The Morgan fingerprint density at radius 3 is 1.04 bits per heavy atom. The molecular weight excluding hydrogens is 364 g/mol. The van der Waals surface area contributed by atoms with Gasteiger partial charge in [0.15, 0.2) is 0 Å². The van der Waals surface area contributed by atoms with Crippen LogP contribution in [0.1, 0.15) is 78.1 Å². The molecule has 0 aliphatic carbocycles. The van der Waals surface area contributed by atoms with Crippen molar-refractivity contribution >= 4 is 15.6 Å². The predicted octanol–water partition coefficient (Wildman–Crippen LogP) is -3.14. The summed E-state index contributed by atoms with van der Waals surface area (Å²) < 4.78 is 21.7. The molecule has 23 heavy (non-hydrogen) atoms. The molecule has 0 aliphatic heterocycles. The average molecular weight is 392 g/mol. The van der Waals surface area contributed by atoms with E-state index in [4.69, 9.17) is 9.79 Å². The maximum Gasteiger partial charge on any atom is 1.00 e. The Morgan fingerprint density at radius 1 is 0.696 bits per heavy atom. The van der Waals surface area contributed by atoms with Crippen LogP contribution in [0, 0.1) is 0 Å². The van der Waals surface area contributed by atoms with Gasteiger partial charge in [0.2, 0.25) is 0 Å². The zero-order valence-electron chi connectivity index (χ0n) is 14.9. The van der Waals surface area contributed by atoms with Gasteiger partial charge in [0.05, 0.1) is 0 Å². The van der Waals surface area contributed by atoms with Crippen LogP contribution in [0.5, 0.6) is 0 Å². The van der Waals surface area contributed by atoms with Crippen LogP contribution >= 0.6 is 15.6 Å². The summed E-state index contributed by atoms with van der Waals surface area (Å²) in [6.45, 7) is 4.56. The largest absolute Gasteiger partial charge is 1.00 e. The molecule has 0 aliphatic rings. The van der Waals surface area contributed by atoms with E-state index in [9.17, 15) is 18.9 Å². The maximum atomic E-state index is 9.48. The van der Waals surface area contributed by atoms with Crippen LogP contribution in [-0.4, -0.2) is 9.79 Å². The monoisotopic (exact) mass is 392 g/mol. The van der Waals surface area contributed by atoms with Gasteiger partial charge in [-0.3, -0.25) is 9.13 Å². The molecule has 0 aromatic rings. The SMILES string of the molecule is CCCCCCCCCCCC.O=P([O-])(O)OP(=O)([O-])O.[Na+].[Na+]. The molecule has 0 aromatic carbocycles. The van der Waals surface area contributed by atoms with Crippen LogP contribution in [-0.2, 0) is 13.4 Å². The number of hydrogen-bond acceptors (Lipinski definition) is 5. The van der Waals surface area contributed by atoms with Crippen molar-refractivity contribution in [1.82, 2.24) is 0 Å². The molecule has 2 N–H and O–H groups in total. The zero-order chi connectivity index (χ0) is 16.8. The first-order valence-corrected chi connectivity index (χ1v) is 10.4. The van der Waals surface area contributed by atoms with E-state index in [2.05, 4.69) is 18.2 Å². The molecule has 0 aromatic heterocycles. The van der Waals surface area contributed by atoms with Gasteiger partial charge < -0.3 is 19.6 Å². The minimum atomic E-state index is -5.36. The van der Waals surface area contributed by atoms with Gasteiger partial charge in [-0.2, -0.15) is 0 Å². The third kappa shape index (κ3) is 40.4. The summed E-state index contributed by atoms with van der Waals surface area (Å²) in [4.78, 5) is 34.1. The van der Waals surface area contributed by atoms with Gasteiger partial charge in [-0.05, 0) is 0 Å². The Labute approximate surface area is 184 Å². The number of unbranched alkanes of at least 4 members (excludes halogenated alkanes) is 9. The van der Waals surface area contributed by atoms with Crippen LogP contribution < -0.4 is 68.9 Å². The minimum absolute atomic E-state index is 0. The molecule has 2 atom stereocenters. The van der Waals surface area contributed by atoms with Gasteiger partial charge in [0, 0.05) is 0 Å². The third-order valence-corrected chi connectivity index (χ3v) is 4.31. The Hall–Kier alpha value is 2.26. The van der Waals surface area contributed by atoms with Crippen molar-refractivity contribution in [2.24, 2.45) is 0 Å². The molecule has 130 valence electrons. The summed E-state index contributed by atoms with van der Waals surface area (Å²) in [6, 6.07) is 0. The molecule has 0 radical (unpaired) electrons. The van der Waals surface area contributed by atoms with Gasteiger partial charge in [-0.1, -0.05) is 78.1 Å². The summed E-state index contributed by atoms with van der Waals surface area (Å²) in [5.41, 5.74) is 0. The molecule has 2 unspecified atom stereocenters. The van der Waals surface area contributed by atoms with Crippen LogP contribution in [0.3, 0.4) is 0 Å². The van der Waals surface area contributed by atoms with Crippen molar-refractivity contribution < 1.29 is 92.1 Å². The first-order valence-electron chi connectivity index (χ1n) is 7.41. The van der Waals surface area contributed by atoms with Gasteiger partial charge in [-0.15, -0.1) is 0 Å². The Kier molecular flexibility index (Phi) is 29.4. The molecule has 0 spiro atoms. The van der Waals surface area contributed by atoms with E-state index in [0.717, 1.165) is 0 Å². The van der Waals surface area contributed by atoms with Crippen molar-refractivity contribution in [2.75, 3.05) is 0 Å². The fourth-order valence-electron chi connectivity index (χ4n) is 1.69. The zero-order valence-corrected chi connectivity index (χ0v) is 20.7. The second kappa shape index (κ2) is 20.6.